The van der Waals surface area contributed by atoms with Crippen LogP contribution in [0.25, 0.3) is 0 Å². The largest absolute Gasteiger partial charge is 0.379 e. The van der Waals surface area contributed by atoms with Crippen LogP contribution in [0, 0.1) is 0 Å². The van der Waals surface area contributed by atoms with Crippen molar-refractivity contribution in [2.45, 2.75) is 44.7 Å². The minimum Gasteiger partial charge on any atom is -0.379 e. The lowest BCUT2D eigenvalue weighted by molar-refractivity contribution is 0.168. The molecule has 3 heteroatoms. The van der Waals surface area contributed by atoms with Gasteiger partial charge in [-0.25, -0.2) is 0 Å². The van der Waals surface area contributed by atoms with Gasteiger partial charge in [-0.1, -0.05) is 6.92 Å². The molecule has 1 heterocycles. The molecule has 0 bridgehead atoms. The molecule has 3 N–H and O–H groups in total. The normalized spacial score (nSPS) is 33.2. The molecule has 1 saturated heterocycles. The van der Waals surface area contributed by atoms with E-state index in [9.17, 15) is 0 Å². The highest BCUT2D eigenvalue weighted by atomic mass is 16.5. The monoisotopic (exact) mass is 186 g/mol. The van der Waals surface area contributed by atoms with Crippen LogP contribution in [0.5, 0.6) is 0 Å². The van der Waals surface area contributed by atoms with Gasteiger partial charge in [0.05, 0.1) is 6.61 Å². The molecule has 2 unspecified atom stereocenters. The third kappa shape index (κ3) is 3.25. The molecule has 2 atom stereocenters. The number of nitrogens with two attached hydrogens (primary N) is 1. The molecule has 1 aliphatic rings. The van der Waals surface area contributed by atoms with E-state index >= 15 is 0 Å². The SMILES string of the molecule is CCC(C)(N)CNC1(C)CCOC1. The highest BCUT2D eigenvalue weighted by Crippen LogP contribution is 2.18. The number of hydrogen-bond acceptors (Lipinski definition) is 3. The zero-order valence-corrected chi connectivity index (χ0v) is 9.02. The molecule has 0 radical (unpaired) electrons. The summed E-state index contributed by atoms with van der Waals surface area (Å²) in [6.45, 7) is 8.95. The number of ether oxygens (including phenoxy) is 1. The summed E-state index contributed by atoms with van der Waals surface area (Å²) in [5.41, 5.74) is 6.11. The third-order valence-electron chi connectivity index (χ3n) is 2.95. The van der Waals surface area contributed by atoms with Gasteiger partial charge in [0.2, 0.25) is 0 Å². The van der Waals surface area contributed by atoms with E-state index < -0.39 is 0 Å². The van der Waals surface area contributed by atoms with Crippen molar-refractivity contribution in [3.63, 3.8) is 0 Å². The van der Waals surface area contributed by atoms with Crippen LogP contribution in [-0.4, -0.2) is 30.8 Å². The molecule has 0 aromatic rings. The van der Waals surface area contributed by atoms with Crippen molar-refractivity contribution in [3.05, 3.63) is 0 Å². The van der Waals surface area contributed by atoms with Gasteiger partial charge in [-0.15, -0.1) is 0 Å². The minimum atomic E-state index is -0.0917. The lowest BCUT2D eigenvalue weighted by atomic mass is 9.96. The van der Waals surface area contributed by atoms with Crippen molar-refractivity contribution in [2.24, 2.45) is 5.73 Å². The first-order valence-electron chi connectivity index (χ1n) is 5.09. The van der Waals surface area contributed by atoms with Crippen LogP contribution < -0.4 is 11.1 Å². The molecule has 78 valence electrons. The molecule has 1 aliphatic heterocycles. The van der Waals surface area contributed by atoms with Gasteiger partial charge in [0.1, 0.15) is 0 Å². The molecule has 3 nitrogen and oxygen atoms in total. The molecule has 13 heavy (non-hydrogen) atoms. The van der Waals surface area contributed by atoms with Crippen LogP contribution in [0.3, 0.4) is 0 Å². The lowest BCUT2D eigenvalue weighted by Crippen LogP contribution is -2.53. The molecule has 1 rings (SSSR count). The molecular formula is C10H22N2O. The van der Waals surface area contributed by atoms with Gasteiger partial charge in [-0.05, 0) is 26.7 Å². The molecule has 0 spiro atoms. The number of hydrogen-bond donors (Lipinski definition) is 2. The summed E-state index contributed by atoms with van der Waals surface area (Å²) in [7, 11) is 0. The van der Waals surface area contributed by atoms with Crippen LogP contribution in [0.2, 0.25) is 0 Å². The zero-order chi connectivity index (χ0) is 9.95. The zero-order valence-electron chi connectivity index (χ0n) is 9.02. The maximum Gasteiger partial charge on any atom is 0.0646 e. The van der Waals surface area contributed by atoms with Crippen molar-refractivity contribution in [1.82, 2.24) is 5.32 Å². The summed E-state index contributed by atoms with van der Waals surface area (Å²) in [4.78, 5) is 0. The van der Waals surface area contributed by atoms with E-state index in [1.807, 2.05) is 0 Å². The van der Waals surface area contributed by atoms with Gasteiger partial charge in [0.15, 0.2) is 0 Å². The summed E-state index contributed by atoms with van der Waals surface area (Å²) < 4.78 is 5.36. The summed E-state index contributed by atoms with van der Waals surface area (Å²) in [6.07, 6.45) is 2.09. The van der Waals surface area contributed by atoms with Gasteiger partial charge in [0, 0.05) is 24.2 Å². The minimum absolute atomic E-state index is 0.0917. The first-order valence-corrected chi connectivity index (χ1v) is 5.09. The van der Waals surface area contributed by atoms with Crippen LogP contribution in [0.1, 0.15) is 33.6 Å². The first-order chi connectivity index (χ1) is 5.97. The highest BCUT2D eigenvalue weighted by Gasteiger charge is 2.30. The van der Waals surface area contributed by atoms with Crippen LogP contribution in [-0.2, 0) is 4.74 Å². The van der Waals surface area contributed by atoms with E-state index in [1.54, 1.807) is 0 Å². The second-order valence-corrected chi connectivity index (χ2v) is 4.72. The van der Waals surface area contributed by atoms with Gasteiger partial charge < -0.3 is 15.8 Å². The lowest BCUT2D eigenvalue weighted by Gasteiger charge is -2.30. The van der Waals surface area contributed by atoms with Crippen LogP contribution in [0.15, 0.2) is 0 Å². The Labute approximate surface area is 81.0 Å². The molecule has 0 aliphatic carbocycles. The standard InChI is InChI=1S/C10H22N2O/c1-4-9(2,11)7-12-10(3)5-6-13-8-10/h12H,4-8,11H2,1-3H3. The predicted molar refractivity (Wildman–Crippen MR) is 54.7 cm³/mol. The summed E-state index contributed by atoms with van der Waals surface area (Å²) in [5, 5.41) is 3.50. The Morgan fingerprint density at radius 2 is 2.31 bits per heavy atom. The van der Waals surface area contributed by atoms with E-state index in [4.69, 9.17) is 10.5 Å². The van der Waals surface area contributed by atoms with Crippen molar-refractivity contribution in [1.29, 1.82) is 0 Å². The van der Waals surface area contributed by atoms with Crippen LogP contribution >= 0.6 is 0 Å². The van der Waals surface area contributed by atoms with Crippen molar-refractivity contribution < 1.29 is 4.74 Å². The summed E-state index contributed by atoms with van der Waals surface area (Å²) in [5.74, 6) is 0. The molecule has 0 amide bonds. The van der Waals surface area contributed by atoms with E-state index in [2.05, 4.69) is 26.1 Å². The molecule has 0 aromatic heterocycles. The Morgan fingerprint density at radius 1 is 1.62 bits per heavy atom. The summed E-state index contributed by atoms with van der Waals surface area (Å²) >= 11 is 0. The van der Waals surface area contributed by atoms with Gasteiger partial charge >= 0.3 is 0 Å². The van der Waals surface area contributed by atoms with Crippen LogP contribution in [0.4, 0.5) is 0 Å². The smallest absolute Gasteiger partial charge is 0.0646 e. The Hall–Kier alpha value is -0.120. The average molecular weight is 186 g/mol. The van der Waals surface area contributed by atoms with Crippen molar-refractivity contribution in [2.75, 3.05) is 19.8 Å². The Morgan fingerprint density at radius 3 is 2.77 bits per heavy atom. The topological polar surface area (TPSA) is 47.3 Å². The van der Waals surface area contributed by atoms with E-state index in [1.165, 1.54) is 0 Å². The number of nitrogens with one attached hydrogen (secondary N) is 1. The van der Waals surface area contributed by atoms with Gasteiger partial charge in [0.25, 0.3) is 0 Å². The third-order valence-corrected chi connectivity index (χ3v) is 2.95. The highest BCUT2D eigenvalue weighted by molar-refractivity contribution is 4.91. The average Bonchev–Trinajstić information content (AvgIpc) is 2.50. The second-order valence-electron chi connectivity index (χ2n) is 4.72. The maximum absolute atomic E-state index is 6.05. The fourth-order valence-electron chi connectivity index (χ4n) is 1.35. The van der Waals surface area contributed by atoms with Crippen molar-refractivity contribution >= 4 is 0 Å². The van der Waals surface area contributed by atoms with Crippen molar-refractivity contribution in [3.8, 4) is 0 Å². The molecule has 1 fully saturated rings. The fraction of sp³-hybridized carbons (Fsp3) is 1.00. The number of rotatable bonds is 4. The Balaban J connectivity index is 2.32. The molecule has 0 aromatic carbocycles. The molecule has 0 saturated carbocycles. The predicted octanol–water partition coefficient (Wildman–Crippen LogP) is 0.882. The summed E-state index contributed by atoms with van der Waals surface area (Å²) in [6, 6.07) is 0. The Bertz CT molecular complexity index is 162. The van der Waals surface area contributed by atoms with E-state index in [-0.39, 0.29) is 11.1 Å². The second kappa shape index (κ2) is 3.95. The molecular weight excluding hydrogens is 164 g/mol. The van der Waals surface area contributed by atoms with Gasteiger partial charge in [-0.3, -0.25) is 0 Å². The maximum atomic E-state index is 6.05. The quantitative estimate of drug-likeness (QED) is 0.685. The first kappa shape index (κ1) is 11.0. The Kier molecular flexibility index (Phi) is 3.33. The van der Waals surface area contributed by atoms with E-state index in [0.717, 1.165) is 32.6 Å². The van der Waals surface area contributed by atoms with E-state index in [0.29, 0.717) is 0 Å². The fourth-order valence-corrected chi connectivity index (χ4v) is 1.35. The van der Waals surface area contributed by atoms with Gasteiger partial charge in [-0.2, -0.15) is 0 Å².